The van der Waals surface area contributed by atoms with E-state index in [1.807, 2.05) is 0 Å². The molecule has 1 aromatic carbocycles. The van der Waals surface area contributed by atoms with Gasteiger partial charge in [-0.3, -0.25) is 10.1 Å². The van der Waals surface area contributed by atoms with Crippen LogP contribution in [0.4, 0.5) is 0 Å². The summed E-state index contributed by atoms with van der Waals surface area (Å²) in [4.78, 5) is 12.8. The molecule has 2 rings (SSSR count). The van der Waals surface area contributed by atoms with Crippen molar-refractivity contribution in [2.45, 2.75) is 45.5 Å². The fourth-order valence-electron chi connectivity index (χ4n) is 2.60. The summed E-state index contributed by atoms with van der Waals surface area (Å²) in [6.45, 7) is 6.25. The molecule has 7 nitrogen and oxygen atoms in total. The van der Waals surface area contributed by atoms with Crippen molar-refractivity contribution in [1.82, 2.24) is 10.3 Å². The average molecular weight is 335 g/mol. The van der Waals surface area contributed by atoms with Crippen molar-refractivity contribution >= 4 is 12.3 Å². The van der Waals surface area contributed by atoms with Crippen molar-refractivity contribution in [2.75, 3.05) is 14.2 Å². The molecule has 0 bridgehead atoms. The number of carbonyl (C=O) groups is 1. The molecule has 0 saturated heterocycles. The third-order valence-electron chi connectivity index (χ3n) is 4.57. The van der Waals surface area contributed by atoms with E-state index in [1.54, 1.807) is 23.2 Å². The zero-order valence-corrected chi connectivity index (χ0v) is 14.8. The molecule has 24 heavy (non-hydrogen) atoms. The molecule has 0 fully saturated rings. The van der Waals surface area contributed by atoms with Gasteiger partial charge in [-0.05, 0) is 31.9 Å². The van der Waals surface area contributed by atoms with Crippen LogP contribution in [-0.2, 0) is 4.74 Å². The maximum atomic E-state index is 12.8. The molecule has 1 unspecified atom stereocenters. The van der Waals surface area contributed by atoms with Crippen LogP contribution in [0.15, 0.2) is 23.3 Å². The standard InChI is InChI=1S/C17H25N3O4/c1-6-17(3,7-2)20-16(24-11-18-20)19-15(21)14-12(22-4)9-8-10-13(14)23-5/h8-11,16H,6-7H2,1-5H3,(H,19,21). The van der Waals surface area contributed by atoms with Gasteiger partial charge in [0.1, 0.15) is 17.1 Å². The number of amides is 1. The first-order valence-corrected chi connectivity index (χ1v) is 7.99. The molecule has 0 saturated carbocycles. The lowest BCUT2D eigenvalue weighted by Gasteiger charge is -2.38. The lowest BCUT2D eigenvalue weighted by molar-refractivity contribution is -0.0394. The van der Waals surface area contributed by atoms with Crippen molar-refractivity contribution in [2.24, 2.45) is 5.10 Å². The van der Waals surface area contributed by atoms with Gasteiger partial charge in [-0.25, -0.2) is 5.01 Å². The smallest absolute Gasteiger partial charge is 0.269 e. The van der Waals surface area contributed by atoms with Crippen LogP contribution >= 0.6 is 0 Å². The Balaban J connectivity index is 2.24. The Morgan fingerprint density at radius 2 is 1.88 bits per heavy atom. The fourth-order valence-corrected chi connectivity index (χ4v) is 2.60. The number of nitrogens with zero attached hydrogens (tertiary/aromatic N) is 2. The van der Waals surface area contributed by atoms with E-state index < -0.39 is 6.35 Å². The van der Waals surface area contributed by atoms with E-state index in [0.717, 1.165) is 12.8 Å². The van der Waals surface area contributed by atoms with Gasteiger partial charge in [0.05, 0.1) is 19.8 Å². The molecule has 1 aliphatic heterocycles. The number of hydrazone groups is 1. The highest BCUT2D eigenvalue weighted by Crippen LogP contribution is 2.30. The van der Waals surface area contributed by atoms with Gasteiger partial charge in [-0.1, -0.05) is 19.9 Å². The summed E-state index contributed by atoms with van der Waals surface area (Å²) in [5, 5.41) is 8.90. The first kappa shape index (κ1) is 17.9. The molecule has 0 radical (unpaired) electrons. The van der Waals surface area contributed by atoms with E-state index in [1.165, 1.54) is 20.6 Å². The summed E-state index contributed by atoms with van der Waals surface area (Å²) in [5.41, 5.74) is 0.114. The van der Waals surface area contributed by atoms with Gasteiger partial charge < -0.3 is 14.2 Å². The van der Waals surface area contributed by atoms with Gasteiger partial charge in [-0.15, -0.1) is 5.10 Å². The molecule has 0 spiro atoms. The Morgan fingerprint density at radius 1 is 1.29 bits per heavy atom. The normalized spacial score (nSPS) is 16.7. The SMILES string of the molecule is CCC(C)(CC)N1N=COC1NC(=O)c1c(OC)cccc1OC. The summed E-state index contributed by atoms with van der Waals surface area (Å²) in [5.74, 6) is 0.525. The average Bonchev–Trinajstić information content (AvgIpc) is 3.08. The quantitative estimate of drug-likeness (QED) is 0.829. The second kappa shape index (κ2) is 7.42. The first-order valence-electron chi connectivity index (χ1n) is 7.99. The first-order chi connectivity index (χ1) is 11.5. The van der Waals surface area contributed by atoms with Crippen LogP contribution in [0.2, 0.25) is 0 Å². The molecule has 7 heteroatoms. The Labute approximate surface area is 142 Å². The van der Waals surface area contributed by atoms with Crippen LogP contribution in [0.5, 0.6) is 11.5 Å². The highest BCUT2D eigenvalue weighted by molar-refractivity contribution is 5.99. The number of hydrogen-bond acceptors (Lipinski definition) is 6. The summed E-state index contributed by atoms with van der Waals surface area (Å²) < 4.78 is 16.0. The van der Waals surface area contributed by atoms with Crippen molar-refractivity contribution in [3.05, 3.63) is 23.8 Å². The Morgan fingerprint density at radius 3 is 2.38 bits per heavy atom. The predicted octanol–water partition coefficient (Wildman–Crippen LogP) is 2.57. The number of rotatable bonds is 7. The van der Waals surface area contributed by atoms with Gasteiger partial charge in [-0.2, -0.15) is 0 Å². The molecule has 1 aliphatic rings. The third kappa shape index (κ3) is 3.25. The predicted molar refractivity (Wildman–Crippen MR) is 91.2 cm³/mol. The molecule has 1 amide bonds. The maximum Gasteiger partial charge on any atom is 0.269 e. The number of methoxy groups -OCH3 is 2. The van der Waals surface area contributed by atoms with Crippen molar-refractivity contribution in [1.29, 1.82) is 0 Å². The Kier molecular flexibility index (Phi) is 5.54. The van der Waals surface area contributed by atoms with E-state index in [0.29, 0.717) is 17.1 Å². The van der Waals surface area contributed by atoms with E-state index in [-0.39, 0.29) is 11.4 Å². The third-order valence-corrected chi connectivity index (χ3v) is 4.57. The molecule has 0 aromatic heterocycles. The van der Waals surface area contributed by atoms with E-state index in [2.05, 4.69) is 31.2 Å². The Hall–Kier alpha value is -2.44. The van der Waals surface area contributed by atoms with Gasteiger partial charge in [0.2, 0.25) is 0 Å². The molecular formula is C17H25N3O4. The van der Waals surface area contributed by atoms with Gasteiger partial charge in [0.15, 0.2) is 6.40 Å². The highest BCUT2D eigenvalue weighted by Gasteiger charge is 2.38. The molecule has 1 N–H and O–H groups in total. The largest absolute Gasteiger partial charge is 0.496 e. The van der Waals surface area contributed by atoms with Gasteiger partial charge in [0, 0.05) is 0 Å². The van der Waals surface area contributed by atoms with E-state index >= 15 is 0 Å². The molecule has 0 aliphatic carbocycles. The minimum atomic E-state index is -0.669. The zero-order valence-electron chi connectivity index (χ0n) is 14.8. The van der Waals surface area contributed by atoms with Gasteiger partial charge >= 0.3 is 0 Å². The van der Waals surface area contributed by atoms with Crippen LogP contribution in [0, 0.1) is 0 Å². The second-order valence-corrected chi connectivity index (χ2v) is 5.77. The number of hydrogen-bond donors (Lipinski definition) is 1. The minimum Gasteiger partial charge on any atom is -0.496 e. The molecule has 1 atom stereocenters. The van der Waals surface area contributed by atoms with Crippen molar-refractivity contribution < 1.29 is 19.0 Å². The fraction of sp³-hybridized carbons (Fsp3) is 0.529. The number of carbonyl (C=O) groups excluding carboxylic acids is 1. The van der Waals surface area contributed by atoms with Crippen molar-refractivity contribution in [3.8, 4) is 11.5 Å². The summed E-state index contributed by atoms with van der Waals surface area (Å²) in [6, 6.07) is 5.19. The lowest BCUT2D eigenvalue weighted by atomic mass is 9.95. The zero-order chi connectivity index (χ0) is 17.7. The molecule has 132 valence electrons. The van der Waals surface area contributed by atoms with Gasteiger partial charge in [0.25, 0.3) is 12.3 Å². The van der Waals surface area contributed by atoms with Crippen LogP contribution in [-0.4, -0.2) is 43.4 Å². The van der Waals surface area contributed by atoms with Crippen LogP contribution in [0.1, 0.15) is 44.0 Å². The second-order valence-electron chi connectivity index (χ2n) is 5.77. The maximum absolute atomic E-state index is 12.8. The highest BCUT2D eigenvalue weighted by atomic mass is 16.5. The van der Waals surface area contributed by atoms with Crippen LogP contribution in [0.25, 0.3) is 0 Å². The molecule has 1 heterocycles. The molecular weight excluding hydrogens is 310 g/mol. The van der Waals surface area contributed by atoms with E-state index in [9.17, 15) is 4.79 Å². The topological polar surface area (TPSA) is 72.4 Å². The Bertz CT molecular complexity index is 592. The number of benzene rings is 1. The minimum absolute atomic E-state index is 0.212. The lowest BCUT2D eigenvalue weighted by Crippen LogP contribution is -2.53. The van der Waals surface area contributed by atoms with Crippen LogP contribution in [0.3, 0.4) is 0 Å². The summed E-state index contributed by atoms with van der Waals surface area (Å²) in [7, 11) is 3.02. The van der Waals surface area contributed by atoms with E-state index in [4.69, 9.17) is 14.2 Å². The summed E-state index contributed by atoms with van der Waals surface area (Å²) >= 11 is 0. The number of nitrogens with one attached hydrogen (secondary N) is 1. The van der Waals surface area contributed by atoms with Crippen LogP contribution < -0.4 is 14.8 Å². The molecule has 1 aromatic rings. The number of ether oxygens (including phenoxy) is 3. The monoisotopic (exact) mass is 335 g/mol. The summed E-state index contributed by atoms with van der Waals surface area (Å²) in [6.07, 6.45) is 2.42. The van der Waals surface area contributed by atoms with Crippen molar-refractivity contribution in [3.63, 3.8) is 0 Å².